The normalized spacial score (nSPS) is 9.94. The van der Waals surface area contributed by atoms with Crippen molar-refractivity contribution in [3.8, 4) is 5.75 Å². The molecular weight excluding hydrogens is 214 g/mol. The van der Waals surface area contributed by atoms with Gasteiger partial charge in [0.05, 0.1) is 7.11 Å². The van der Waals surface area contributed by atoms with E-state index in [1.54, 1.807) is 55.6 Å². The molecule has 2 N–H and O–H groups in total. The van der Waals surface area contributed by atoms with Crippen LogP contribution in [-0.4, -0.2) is 12.9 Å². The maximum absolute atomic E-state index is 12.2. The highest BCUT2D eigenvalue weighted by Crippen LogP contribution is 2.19. The third-order valence-electron chi connectivity index (χ3n) is 2.54. The van der Waals surface area contributed by atoms with Crippen LogP contribution in [0.25, 0.3) is 0 Å². The van der Waals surface area contributed by atoms with Crippen molar-refractivity contribution in [2.24, 2.45) is 0 Å². The Morgan fingerprint density at radius 1 is 1.12 bits per heavy atom. The lowest BCUT2D eigenvalue weighted by atomic mass is 10.0. The van der Waals surface area contributed by atoms with Gasteiger partial charge in [0.1, 0.15) is 5.75 Å². The van der Waals surface area contributed by atoms with Gasteiger partial charge in [-0.25, -0.2) is 0 Å². The van der Waals surface area contributed by atoms with Gasteiger partial charge in [-0.3, -0.25) is 4.79 Å². The van der Waals surface area contributed by atoms with Crippen LogP contribution in [0.15, 0.2) is 48.5 Å². The van der Waals surface area contributed by atoms with E-state index in [0.717, 1.165) is 0 Å². The smallest absolute Gasteiger partial charge is 0.195 e. The molecule has 2 rings (SSSR count). The predicted molar refractivity (Wildman–Crippen MR) is 67.3 cm³/mol. The van der Waals surface area contributed by atoms with E-state index in [4.69, 9.17) is 10.5 Å². The maximum atomic E-state index is 12.2. The van der Waals surface area contributed by atoms with Crippen molar-refractivity contribution in [1.82, 2.24) is 0 Å². The molecule has 17 heavy (non-hydrogen) atoms. The number of para-hydroxylation sites is 1. The first-order chi connectivity index (χ1) is 8.22. The van der Waals surface area contributed by atoms with Crippen LogP contribution < -0.4 is 10.5 Å². The molecule has 0 atom stereocenters. The molecule has 2 aromatic carbocycles. The van der Waals surface area contributed by atoms with Crippen LogP contribution in [0.3, 0.4) is 0 Å². The molecule has 0 unspecified atom stereocenters. The topological polar surface area (TPSA) is 52.3 Å². The summed E-state index contributed by atoms with van der Waals surface area (Å²) < 4.78 is 5.09. The first kappa shape index (κ1) is 11.2. The Balaban J connectivity index is 2.40. The molecule has 0 saturated heterocycles. The third-order valence-corrected chi connectivity index (χ3v) is 2.54. The first-order valence-corrected chi connectivity index (χ1v) is 5.25. The standard InChI is InChI=1S/C14H13NO2/c1-17-11-6-4-5-10(9-11)14(16)12-7-2-3-8-13(12)15/h2-9H,15H2,1H3. The Morgan fingerprint density at radius 2 is 1.88 bits per heavy atom. The van der Waals surface area contributed by atoms with Gasteiger partial charge in [0, 0.05) is 16.8 Å². The summed E-state index contributed by atoms with van der Waals surface area (Å²) in [6, 6.07) is 14.1. The molecule has 0 amide bonds. The summed E-state index contributed by atoms with van der Waals surface area (Å²) in [5, 5.41) is 0. The SMILES string of the molecule is COc1cccc(C(=O)c2ccccc2N)c1. The molecule has 0 aliphatic carbocycles. The molecular formula is C14H13NO2. The molecule has 86 valence electrons. The molecule has 0 radical (unpaired) electrons. The van der Waals surface area contributed by atoms with E-state index in [1.165, 1.54) is 0 Å². The first-order valence-electron chi connectivity index (χ1n) is 5.25. The molecule has 0 aliphatic rings. The number of hydrogen-bond donors (Lipinski definition) is 1. The molecule has 0 saturated carbocycles. The Labute approximate surface area is 99.8 Å². The molecule has 3 nitrogen and oxygen atoms in total. The van der Waals surface area contributed by atoms with Gasteiger partial charge in [-0.05, 0) is 24.3 Å². The Hall–Kier alpha value is -2.29. The maximum Gasteiger partial charge on any atom is 0.195 e. The Morgan fingerprint density at radius 3 is 2.59 bits per heavy atom. The van der Waals surface area contributed by atoms with E-state index in [2.05, 4.69) is 0 Å². The molecule has 0 aromatic heterocycles. The summed E-state index contributed by atoms with van der Waals surface area (Å²) in [6.45, 7) is 0. The quantitative estimate of drug-likeness (QED) is 0.647. The zero-order valence-electron chi connectivity index (χ0n) is 9.51. The van der Waals surface area contributed by atoms with Crippen LogP contribution in [0, 0.1) is 0 Å². The summed E-state index contributed by atoms with van der Waals surface area (Å²) in [4.78, 5) is 12.2. The van der Waals surface area contributed by atoms with Crippen LogP contribution in [0.5, 0.6) is 5.75 Å². The van der Waals surface area contributed by atoms with Gasteiger partial charge in [-0.1, -0.05) is 24.3 Å². The number of ketones is 1. The van der Waals surface area contributed by atoms with Crippen molar-refractivity contribution < 1.29 is 9.53 Å². The van der Waals surface area contributed by atoms with Gasteiger partial charge < -0.3 is 10.5 Å². The van der Waals surface area contributed by atoms with Crippen LogP contribution >= 0.6 is 0 Å². The van der Waals surface area contributed by atoms with Crippen molar-refractivity contribution in [3.63, 3.8) is 0 Å². The summed E-state index contributed by atoms with van der Waals surface area (Å²) >= 11 is 0. The largest absolute Gasteiger partial charge is 0.497 e. The second-order valence-corrected chi connectivity index (χ2v) is 3.65. The van der Waals surface area contributed by atoms with Crippen LogP contribution in [0.1, 0.15) is 15.9 Å². The average Bonchev–Trinajstić information content (AvgIpc) is 2.38. The van der Waals surface area contributed by atoms with Gasteiger partial charge in [0.25, 0.3) is 0 Å². The fraction of sp³-hybridized carbons (Fsp3) is 0.0714. The second-order valence-electron chi connectivity index (χ2n) is 3.65. The number of carbonyl (C=O) groups excluding carboxylic acids is 1. The number of nitrogen functional groups attached to an aromatic ring is 1. The van der Waals surface area contributed by atoms with Gasteiger partial charge in [-0.2, -0.15) is 0 Å². The molecule has 2 aromatic rings. The second kappa shape index (κ2) is 4.70. The fourth-order valence-electron chi connectivity index (χ4n) is 1.62. The molecule has 0 fully saturated rings. The number of nitrogens with two attached hydrogens (primary N) is 1. The van der Waals surface area contributed by atoms with E-state index in [9.17, 15) is 4.79 Å². The van der Waals surface area contributed by atoms with E-state index in [1.807, 2.05) is 0 Å². The lowest BCUT2D eigenvalue weighted by molar-refractivity contribution is 0.103. The minimum Gasteiger partial charge on any atom is -0.497 e. The number of carbonyl (C=O) groups is 1. The van der Waals surface area contributed by atoms with E-state index in [-0.39, 0.29) is 5.78 Å². The van der Waals surface area contributed by atoms with Crippen molar-refractivity contribution >= 4 is 11.5 Å². The zero-order valence-corrected chi connectivity index (χ0v) is 9.51. The van der Waals surface area contributed by atoms with Crippen LogP contribution in [0.4, 0.5) is 5.69 Å². The highest BCUT2D eigenvalue weighted by Gasteiger charge is 2.11. The number of ether oxygens (including phenoxy) is 1. The van der Waals surface area contributed by atoms with E-state index >= 15 is 0 Å². The molecule has 0 heterocycles. The number of benzene rings is 2. The van der Waals surface area contributed by atoms with Gasteiger partial charge in [-0.15, -0.1) is 0 Å². The average molecular weight is 227 g/mol. The monoisotopic (exact) mass is 227 g/mol. The van der Waals surface area contributed by atoms with Crippen molar-refractivity contribution in [2.75, 3.05) is 12.8 Å². The van der Waals surface area contributed by atoms with Gasteiger partial charge >= 0.3 is 0 Å². The summed E-state index contributed by atoms with van der Waals surface area (Å²) in [5.41, 5.74) is 7.35. The third kappa shape index (κ3) is 2.28. The Bertz CT molecular complexity index is 549. The number of anilines is 1. The van der Waals surface area contributed by atoms with Crippen LogP contribution in [-0.2, 0) is 0 Å². The van der Waals surface area contributed by atoms with Crippen LogP contribution in [0.2, 0.25) is 0 Å². The Kier molecular flexibility index (Phi) is 3.10. The van der Waals surface area contributed by atoms with Gasteiger partial charge in [0.15, 0.2) is 5.78 Å². The fourth-order valence-corrected chi connectivity index (χ4v) is 1.62. The minimum atomic E-state index is -0.0954. The lowest BCUT2D eigenvalue weighted by Gasteiger charge is -2.06. The summed E-state index contributed by atoms with van der Waals surface area (Å²) in [6.07, 6.45) is 0. The number of hydrogen-bond acceptors (Lipinski definition) is 3. The van der Waals surface area contributed by atoms with E-state index in [0.29, 0.717) is 22.6 Å². The highest BCUT2D eigenvalue weighted by molar-refractivity contribution is 6.12. The van der Waals surface area contributed by atoms with E-state index < -0.39 is 0 Å². The summed E-state index contributed by atoms with van der Waals surface area (Å²) in [7, 11) is 1.57. The number of rotatable bonds is 3. The lowest BCUT2D eigenvalue weighted by Crippen LogP contribution is -2.05. The molecule has 3 heteroatoms. The predicted octanol–water partition coefficient (Wildman–Crippen LogP) is 2.51. The zero-order chi connectivity index (χ0) is 12.3. The molecule has 0 spiro atoms. The number of methoxy groups -OCH3 is 1. The minimum absolute atomic E-state index is 0.0954. The highest BCUT2D eigenvalue weighted by atomic mass is 16.5. The van der Waals surface area contributed by atoms with Crippen molar-refractivity contribution in [2.45, 2.75) is 0 Å². The molecule has 0 aliphatic heterocycles. The molecule has 0 bridgehead atoms. The van der Waals surface area contributed by atoms with Crippen molar-refractivity contribution in [1.29, 1.82) is 0 Å². The van der Waals surface area contributed by atoms with Gasteiger partial charge in [0.2, 0.25) is 0 Å². The summed E-state index contributed by atoms with van der Waals surface area (Å²) in [5.74, 6) is 0.562. The van der Waals surface area contributed by atoms with Crippen molar-refractivity contribution in [3.05, 3.63) is 59.7 Å².